The highest BCUT2D eigenvalue weighted by atomic mass is 19.4. The summed E-state index contributed by atoms with van der Waals surface area (Å²) in [5.41, 5.74) is 5.70. The largest absolute Gasteiger partial charge is 0.573 e. The summed E-state index contributed by atoms with van der Waals surface area (Å²) in [5, 5.41) is 0. The molecule has 0 aromatic heterocycles. The molecule has 1 atom stereocenters. The van der Waals surface area contributed by atoms with Gasteiger partial charge in [0.1, 0.15) is 11.9 Å². The maximum Gasteiger partial charge on any atom is 0.573 e. The molecule has 1 aromatic rings. The molecule has 120 valence electrons. The van der Waals surface area contributed by atoms with Crippen molar-refractivity contribution in [3.8, 4) is 5.75 Å². The second-order valence-corrected chi connectivity index (χ2v) is 5.99. The number of alkyl halides is 4. The lowest BCUT2D eigenvalue weighted by Crippen LogP contribution is -2.19. The van der Waals surface area contributed by atoms with Crippen molar-refractivity contribution < 1.29 is 22.3 Å². The number of halogens is 4. The van der Waals surface area contributed by atoms with Gasteiger partial charge in [-0.15, -0.1) is 13.2 Å². The van der Waals surface area contributed by atoms with Gasteiger partial charge in [-0.1, -0.05) is 26.8 Å². The van der Waals surface area contributed by atoms with Crippen molar-refractivity contribution in [3.63, 3.8) is 0 Å². The summed E-state index contributed by atoms with van der Waals surface area (Å²) in [6.45, 7) is 5.87. The molecular formula is C15H21F4NO. The molecule has 1 rings (SSSR count). The molecule has 0 fully saturated rings. The molecule has 2 nitrogen and oxygen atoms in total. The Morgan fingerprint density at radius 3 is 2.24 bits per heavy atom. The zero-order valence-corrected chi connectivity index (χ0v) is 12.4. The van der Waals surface area contributed by atoms with E-state index in [0.717, 1.165) is 6.07 Å². The lowest BCUT2D eigenvalue weighted by molar-refractivity contribution is -0.274. The lowest BCUT2D eigenvalue weighted by Gasteiger charge is -2.22. The zero-order chi connectivity index (χ0) is 16.3. The first-order valence-electron chi connectivity index (χ1n) is 6.78. The van der Waals surface area contributed by atoms with Crippen molar-refractivity contribution in [1.29, 1.82) is 0 Å². The Morgan fingerprint density at radius 2 is 1.76 bits per heavy atom. The fourth-order valence-corrected chi connectivity index (χ4v) is 1.89. The molecule has 0 saturated heterocycles. The quantitative estimate of drug-likeness (QED) is 0.805. The molecule has 0 amide bonds. The fourth-order valence-electron chi connectivity index (χ4n) is 1.89. The Morgan fingerprint density at radius 1 is 1.14 bits per heavy atom. The first-order valence-corrected chi connectivity index (χ1v) is 6.78. The summed E-state index contributed by atoms with van der Waals surface area (Å²) in [5.74, 6) is -0.389. The number of ether oxygens (including phenoxy) is 1. The van der Waals surface area contributed by atoms with E-state index in [2.05, 4.69) is 4.74 Å². The average Bonchev–Trinajstić information content (AvgIpc) is 2.32. The summed E-state index contributed by atoms with van der Waals surface area (Å²) in [7, 11) is 0. The van der Waals surface area contributed by atoms with Gasteiger partial charge < -0.3 is 10.5 Å². The number of benzene rings is 1. The molecule has 2 N–H and O–H groups in total. The second kappa shape index (κ2) is 6.64. The highest BCUT2D eigenvalue weighted by molar-refractivity contribution is 5.39. The van der Waals surface area contributed by atoms with Gasteiger partial charge in [-0.2, -0.15) is 0 Å². The van der Waals surface area contributed by atoms with Crippen molar-refractivity contribution in [3.05, 3.63) is 29.3 Å². The van der Waals surface area contributed by atoms with Crippen LogP contribution >= 0.6 is 0 Å². The normalized spacial score (nSPS) is 14.1. The monoisotopic (exact) mass is 307 g/mol. The van der Waals surface area contributed by atoms with Gasteiger partial charge in [-0.3, -0.25) is 0 Å². The molecule has 0 aliphatic carbocycles. The third-order valence-corrected chi connectivity index (χ3v) is 3.05. The van der Waals surface area contributed by atoms with Gasteiger partial charge in [0, 0.05) is 0 Å². The van der Waals surface area contributed by atoms with Gasteiger partial charge >= 0.3 is 6.36 Å². The minimum atomic E-state index is -4.79. The molecule has 0 aliphatic heterocycles. The van der Waals surface area contributed by atoms with Crippen molar-refractivity contribution in [2.24, 2.45) is 5.73 Å². The van der Waals surface area contributed by atoms with Crippen LogP contribution in [0.4, 0.5) is 17.6 Å². The molecule has 0 heterocycles. The molecule has 0 unspecified atom stereocenters. The van der Waals surface area contributed by atoms with E-state index in [1.54, 1.807) is 6.07 Å². The minimum absolute atomic E-state index is 0.176. The van der Waals surface area contributed by atoms with E-state index in [1.165, 1.54) is 6.07 Å². The maximum atomic E-state index is 14.1. The third-order valence-electron chi connectivity index (χ3n) is 3.05. The van der Waals surface area contributed by atoms with Crippen molar-refractivity contribution in [2.75, 3.05) is 6.54 Å². The van der Waals surface area contributed by atoms with Crippen molar-refractivity contribution >= 4 is 0 Å². The number of nitrogens with two attached hydrogens (primary N) is 1. The molecule has 0 saturated carbocycles. The first kappa shape index (κ1) is 17.8. The standard InChI is InChI=1S/C15H21F4NO/c1-14(2,3)11-7-10(13(16)5-4-6-20)8-12(9-11)21-15(17,18)19/h7-9,13H,4-6,20H2,1-3H3/t13-/m1/s1. The SMILES string of the molecule is CC(C)(C)c1cc(OC(F)(F)F)cc([C@H](F)CCCN)c1. The smallest absolute Gasteiger partial charge is 0.406 e. The highest BCUT2D eigenvalue weighted by Gasteiger charge is 2.32. The number of rotatable bonds is 5. The molecule has 0 aliphatic rings. The zero-order valence-electron chi connectivity index (χ0n) is 12.4. The van der Waals surface area contributed by atoms with Crippen LogP contribution in [0.15, 0.2) is 18.2 Å². The van der Waals surface area contributed by atoms with Gasteiger partial charge in [-0.25, -0.2) is 4.39 Å². The van der Waals surface area contributed by atoms with Crippen molar-refractivity contribution in [2.45, 2.75) is 51.6 Å². The molecule has 0 spiro atoms. The van der Waals surface area contributed by atoms with E-state index < -0.39 is 17.9 Å². The van der Waals surface area contributed by atoms with E-state index in [9.17, 15) is 17.6 Å². The van der Waals surface area contributed by atoms with E-state index in [-0.39, 0.29) is 17.7 Å². The van der Waals surface area contributed by atoms with E-state index in [1.807, 2.05) is 20.8 Å². The van der Waals surface area contributed by atoms with Crippen LogP contribution in [0.25, 0.3) is 0 Å². The van der Waals surface area contributed by atoms with Crippen LogP contribution in [-0.4, -0.2) is 12.9 Å². The summed E-state index contributed by atoms with van der Waals surface area (Å²) in [4.78, 5) is 0. The topological polar surface area (TPSA) is 35.2 Å². The van der Waals surface area contributed by atoms with Crippen molar-refractivity contribution in [1.82, 2.24) is 0 Å². The minimum Gasteiger partial charge on any atom is -0.406 e. The molecule has 21 heavy (non-hydrogen) atoms. The fraction of sp³-hybridized carbons (Fsp3) is 0.600. The lowest BCUT2D eigenvalue weighted by atomic mass is 9.85. The summed E-state index contributed by atoms with van der Waals surface area (Å²) >= 11 is 0. The Labute approximate surface area is 122 Å². The first-order chi connectivity index (χ1) is 9.53. The molecule has 6 heteroatoms. The van der Waals surface area contributed by atoms with Crippen LogP contribution in [0.2, 0.25) is 0 Å². The summed E-state index contributed by atoms with van der Waals surface area (Å²) in [6.07, 6.45) is -5.51. The Hall–Kier alpha value is -1.30. The molecule has 0 bridgehead atoms. The predicted octanol–water partition coefficient (Wildman–Crippen LogP) is 4.63. The van der Waals surface area contributed by atoms with Gasteiger partial charge in [0.15, 0.2) is 0 Å². The van der Waals surface area contributed by atoms with Crippen LogP contribution in [0, 0.1) is 0 Å². The number of hydrogen-bond acceptors (Lipinski definition) is 2. The Balaban J connectivity index is 3.15. The maximum absolute atomic E-state index is 14.1. The van der Waals surface area contributed by atoms with Crippen LogP contribution in [0.3, 0.4) is 0 Å². The van der Waals surface area contributed by atoms with Gasteiger partial charge in [0.05, 0.1) is 0 Å². The van der Waals surface area contributed by atoms with E-state index in [0.29, 0.717) is 18.5 Å². The summed E-state index contributed by atoms with van der Waals surface area (Å²) in [6, 6.07) is 3.99. The van der Waals surface area contributed by atoms with Crippen LogP contribution in [0.5, 0.6) is 5.75 Å². The third kappa shape index (κ3) is 5.91. The molecule has 1 aromatic carbocycles. The van der Waals surface area contributed by atoms with Gasteiger partial charge in [-0.05, 0) is 48.1 Å². The average molecular weight is 307 g/mol. The second-order valence-electron chi connectivity index (χ2n) is 5.99. The van der Waals surface area contributed by atoms with Gasteiger partial charge in [0.2, 0.25) is 0 Å². The van der Waals surface area contributed by atoms with Crippen LogP contribution < -0.4 is 10.5 Å². The van der Waals surface area contributed by atoms with E-state index >= 15 is 0 Å². The molecular weight excluding hydrogens is 286 g/mol. The van der Waals surface area contributed by atoms with Crippen LogP contribution in [-0.2, 0) is 5.41 Å². The highest BCUT2D eigenvalue weighted by Crippen LogP contribution is 2.34. The Kier molecular flexibility index (Phi) is 5.61. The van der Waals surface area contributed by atoms with Gasteiger partial charge in [0.25, 0.3) is 0 Å². The number of hydrogen-bond donors (Lipinski definition) is 1. The summed E-state index contributed by atoms with van der Waals surface area (Å²) < 4.78 is 55.2. The predicted molar refractivity (Wildman–Crippen MR) is 74.0 cm³/mol. The van der Waals surface area contributed by atoms with Crippen LogP contribution in [0.1, 0.15) is 50.9 Å². The molecule has 0 radical (unpaired) electrons. The van der Waals surface area contributed by atoms with E-state index in [4.69, 9.17) is 5.73 Å². The Bertz CT molecular complexity index is 466.